The van der Waals surface area contributed by atoms with Crippen molar-refractivity contribution in [3.05, 3.63) is 39.9 Å². The van der Waals surface area contributed by atoms with Gasteiger partial charge < -0.3 is 9.84 Å². The Morgan fingerprint density at radius 2 is 2.33 bits per heavy atom. The van der Waals surface area contributed by atoms with E-state index in [1.807, 2.05) is 19.1 Å². The van der Waals surface area contributed by atoms with E-state index in [0.717, 1.165) is 5.56 Å². The number of aryl methyl sites for hydroxylation is 1. The third-order valence-electron chi connectivity index (χ3n) is 1.79. The number of hydrogen-bond acceptors (Lipinski definition) is 4. The van der Waals surface area contributed by atoms with E-state index in [0.29, 0.717) is 5.75 Å². The maximum Gasteiger partial charge on any atom is 0.232 e. The molecule has 0 aliphatic carbocycles. The summed E-state index contributed by atoms with van der Waals surface area (Å²) in [6.45, 7) is 1.36. The standard InChI is InChI=1S/C10H13NO4/c1-8-3-2-4-10(5-8)15-7-9(12)6-11(13)14/h2-5,9,12H,6-7H2,1H3/t9-/m0/s1. The summed E-state index contributed by atoms with van der Waals surface area (Å²) in [5.41, 5.74) is 1.04. The number of nitrogens with zero attached hydrogens (tertiary/aromatic N) is 1. The molecule has 1 aromatic rings. The lowest BCUT2D eigenvalue weighted by molar-refractivity contribution is -0.490. The maximum atomic E-state index is 10.1. The fourth-order valence-corrected chi connectivity index (χ4v) is 1.12. The first-order valence-corrected chi connectivity index (χ1v) is 4.57. The van der Waals surface area contributed by atoms with Gasteiger partial charge in [-0.05, 0) is 24.6 Å². The molecule has 0 radical (unpaired) electrons. The van der Waals surface area contributed by atoms with Crippen molar-refractivity contribution in [3.63, 3.8) is 0 Å². The van der Waals surface area contributed by atoms with Gasteiger partial charge >= 0.3 is 0 Å². The van der Waals surface area contributed by atoms with Gasteiger partial charge in [-0.25, -0.2) is 0 Å². The molecule has 0 unspecified atom stereocenters. The quantitative estimate of drug-likeness (QED) is 0.582. The number of hydrogen-bond donors (Lipinski definition) is 1. The highest BCUT2D eigenvalue weighted by atomic mass is 16.6. The van der Waals surface area contributed by atoms with Gasteiger partial charge in [0.05, 0.1) is 0 Å². The molecule has 1 atom stereocenters. The fraction of sp³-hybridized carbons (Fsp3) is 0.400. The lowest BCUT2D eigenvalue weighted by Crippen LogP contribution is -2.26. The molecule has 0 aromatic heterocycles. The summed E-state index contributed by atoms with van der Waals surface area (Å²) in [6, 6.07) is 7.29. The van der Waals surface area contributed by atoms with E-state index in [4.69, 9.17) is 4.74 Å². The van der Waals surface area contributed by atoms with Gasteiger partial charge in [0.2, 0.25) is 6.54 Å². The Labute approximate surface area is 87.5 Å². The van der Waals surface area contributed by atoms with Gasteiger partial charge in [-0.2, -0.15) is 0 Å². The Hall–Kier alpha value is -1.62. The number of benzene rings is 1. The van der Waals surface area contributed by atoms with Crippen molar-refractivity contribution in [3.8, 4) is 5.75 Å². The van der Waals surface area contributed by atoms with E-state index in [1.54, 1.807) is 12.1 Å². The van der Waals surface area contributed by atoms with Crippen LogP contribution in [0.3, 0.4) is 0 Å². The Kier molecular flexibility index (Phi) is 4.05. The Balaban J connectivity index is 2.40. The monoisotopic (exact) mass is 211 g/mol. The summed E-state index contributed by atoms with van der Waals surface area (Å²) < 4.78 is 5.20. The minimum absolute atomic E-state index is 0.0650. The topological polar surface area (TPSA) is 72.6 Å². The highest BCUT2D eigenvalue weighted by Gasteiger charge is 2.11. The van der Waals surface area contributed by atoms with Crippen LogP contribution in [0.4, 0.5) is 0 Å². The van der Waals surface area contributed by atoms with Crippen molar-refractivity contribution in [2.75, 3.05) is 13.2 Å². The molecular formula is C10H13NO4. The molecule has 0 bridgehead atoms. The van der Waals surface area contributed by atoms with Crippen LogP contribution < -0.4 is 4.74 Å². The van der Waals surface area contributed by atoms with Gasteiger partial charge in [-0.15, -0.1) is 0 Å². The molecule has 0 saturated heterocycles. The molecule has 5 heteroatoms. The summed E-state index contributed by atoms with van der Waals surface area (Å²) in [5.74, 6) is 0.609. The fourth-order valence-electron chi connectivity index (χ4n) is 1.12. The van der Waals surface area contributed by atoms with E-state index >= 15 is 0 Å². The predicted octanol–water partition coefficient (Wildman–Crippen LogP) is 1.01. The Bertz CT molecular complexity index is 340. The van der Waals surface area contributed by atoms with E-state index in [2.05, 4.69) is 0 Å². The first-order valence-electron chi connectivity index (χ1n) is 4.57. The van der Waals surface area contributed by atoms with E-state index in [-0.39, 0.29) is 6.61 Å². The van der Waals surface area contributed by atoms with Crippen molar-refractivity contribution >= 4 is 0 Å². The number of aliphatic hydroxyl groups excluding tert-OH is 1. The normalized spacial score (nSPS) is 12.1. The van der Waals surface area contributed by atoms with Gasteiger partial charge in [-0.3, -0.25) is 10.1 Å². The zero-order valence-corrected chi connectivity index (χ0v) is 8.42. The lowest BCUT2D eigenvalue weighted by Gasteiger charge is -2.09. The zero-order valence-electron chi connectivity index (χ0n) is 8.42. The first kappa shape index (κ1) is 11.5. The van der Waals surface area contributed by atoms with E-state index in [9.17, 15) is 15.2 Å². The van der Waals surface area contributed by atoms with E-state index < -0.39 is 17.6 Å². The highest BCUT2D eigenvalue weighted by molar-refractivity contribution is 5.27. The molecular weight excluding hydrogens is 198 g/mol. The van der Waals surface area contributed by atoms with Gasteiger partial charge in [0, 0.05) is 4.92 Å². The second kappa shape index (κ2) is 5.31. The van der Waals surface area contributed by atoms with Crippen LogP contribution in [-0.4, -0.2) is 29.3 Å². The molecule has 0 aliphatic rings. The van der Waals surface area contributed by atoms with Crippen molar-refractivity contribution in [1.82, 2.24) is 0 Å². The third kappa shape index (κ3) is 4.42. The number of aliphatic hydroxyl groups is 1. The molecule has 5 nitrogen and oxygen atoms in total. The maximum absolute atomic E-state index is 10.1. The van der Waals surface area contributed by atoms with Crippen molar-refractivity contribution in [2.24, 2.45) is 0 Å². The highest BCUT2D eigenvalue weighted by Crippen LogP contribution is 2.12. The number of nitro groups is 1. The average Bonchev–Trinajstić information content (AvgIpc) is 2.14. The first-order chi connectivity index (χ1) is 7.08. The third-order valence-corrected chi connectivity index (χ3v) is 1.79. The average molecular weight is 211 g/mol. The molecule has 1 aromatic carbocycles. The molecule has 0 amide bonds. The van der Waals surface area contributed by atoms with Gasteiger partial charge in [-0.1, -0.05) is 12.1 Å². The van der Waals surface area contributed by atoms with Crippen LogP contribution in [0.2, 0.25) is 0 Å². The van der Waals surface area contributed by atoms with Crippen LogP contribution in [0.25, 0.3) is 0 Å². The predicted molar refractivity (Wildman–Crippen MR) is 54.5 cm³/mol. The van der Waals surface area contributed by atoms with Crippen LogP contribution in [0, 0.1) is 17.0 Å². The molecule has 82 valence electrons. The van der Waals surface area contributed by atoms with Crippen molar-refractivity contribution in [2.45, 2.75) is 13.0 Å². The number of ether oxygens (including phenoxy) is 1. The Morgan fingerprint density at radius 1 is 1.60 bits per heavy atom. The SMILES string of the molecule is Cc1cccc(OC[C@@H](O)C[N+](=O)[O-])c1. The summed E-state index contributed by atoms with van der Waals surface area (Å²) >= 11 is 0. The van der Waals surface area contributed by atoms with E-state index in [1.165, 1.54) is 0 Å². The Morgan fingerprint density at radius 3 is 2.93 bits per heavy atom. The van der Waals surface area contributed by atoms with Crippen LogP contribution in [-0.2, 0) is 0 Å². The summed E-state index contributed by atoms with van der Waals surface area (Å²) in [4.78, 5) is 9.50. The summed E-state index contributed by atoms with van der Waals surface area (Å²) in [7, 11) is 0. The molecule has 0 aliphatic heterocycles. The largest absolute Gasteiger partial charge is 0.491 e. The second-order valence-corrected chi connectivity index (χ2v) is 3.30. The minimum Gasteiger partial charge on any atom is -0.491 e. The second-order valence-electron chi connectivity index (χ2n) is 3.30. The van der Waals surface area contributed by atoms with Gasteiger partial charge in [0.1, 0.15) is 12.4 Å². The molecule has 0 heterocycles. The molecule has 0 fully saturated rings. The van der Waals surface area contributed by atoms with Gasteiger partial charge in [0.25, 0.3) is 0 Å². The van der Waals surface area contributed by atoms with Gasteiger partial charge in [0.15, 0.2) is 6.10 Å². The molecule has 1 N–H and O–H groups in total. The summed E-state index contributed by atoms with van der Waals surface area (Å²) in [5, 5.41) is 19.2. The smallest absolute Gasteiger partial charge is 0.232 e. The van der Waals surface area contributed by atoms with Crippen LogP contribution in [0.15, 0.2) is 24.3 Å². The van der Waals surface area contributed by atoms with Crippen molar-refractivity contribution < 1.29 is 14.8 Å². The molecule has 15 heavy (non-hydrogen) atoms. The summed E-state index contributed by atoms with van der Waals surface area (Å²) in [6.07, 6.45) is -1.07. The van der Waals surface area contributed by atoms with Crippen LogP contribution >= 0.6 is 0 Å². The molecule has 1 rings (SSSR count). The molecule has 0 spiro atoms. The number of rotatable bonds is 5. The van der Waals surface area contributed by atoms with Crippen LogP contribution in [0.1, 0.15) is 5.56 Å². The minimum atomic E-state index is -1.07. The van der Waals surface area contributed by atoms with Crippen molar-refractivity contribution in [1.29, 1.82) is 0 Å². The lowest BCUT2D eigenvalue weighted by atomic mass is 10.2. The molecule has 0 saturated carbocycles. The zero-order chi connectivity index (χ0) is 11.3. The van der Waals surface area contributed by atoms with Crippen LogP contribution in [0.5, 0.6) is 5.75 Å².